The molecule has 20 heavy (non-hydrogen) atoms. The SMILES string of the molecule is CC1CCC(Oc2c(F)cccc2CNC2CC2)CC1. The van der Waals surface area contributed by atoms with E-state index in [1.165, 1.54) is 31.7 Å². The number of benzene rings is 1. The van der Waals surface area contributed by atoms with Crippen LogP contribution in [-0.2, 0) is 6.54 Å². The van der Waals surface area contributed by atoms with Crippen molar-refractivity contribution in [2.45, 2.75) is 64.1 Å². The Hall–Kier alpha value is -1.09. The highest BCUT2D eigenvalue weighted by Gasteiger charge is 2.24. The summed E-state index contributed by atoms with van der Waals surface area (Å²) < 4.78 is 20.1. The molecular weight excluding hydrogens is 253 g/mol. The Labute approximate surface area is 120 Å². The van der Waals surface area contributed by atoms with Gasteiger partial charge in [-0.3, -0.25) is 0 Å². The number of hydrogen-bond acceptors (Lipinski definition) is 2. The summed E-state index contributed by atoms with van der Waals surface area (Å²) in [6.45, 7) is 2.99. The normalized spacial score (nSPS) is 26.5. The Morgan fingerprint density at radius 1 is 1.15 bits per heavy atom. The summed E-state index contributed by atoms with van der Waals surface area (Å²) in [6, 6.07) is 5.87. The third-order valence-electron chi connectivity index (χ3n) is 4.45. The van der Waals surface area contributed by atoms with E-state index in [4.69, 9.17) is 4.74 Å². The molecule has 1 aromatic rings. The van der Waals surface area contributed by atoms with E-state index >= 15 is 0 Å². The summed E-state index contributed by atoms with van der Waals surface area (Å²) >= 11 is 0. The van der Waals surface area contributed by atoms with E-state index in [2.05, 4.69) is 12.2 Å². The Balaban J connectivity index is 1.66. The van der Waals surface area contributed by atoms with Crippen LogP contribution in [0.2, 0.25) is 0 Å². The number of hydrogen-bond donors (Lipinski definition) is 1. The smallest absolute Gasteiger partial charge is 0.165 e. The predicted molar refractivity (Wildman–Crippen MR) is 78.3 cm³/mol. The molecule has 0 bridgehead atoms. The minimum Gasteiger partial charge on any atom is -0.487 e. The minimum atomic E-state index is -0.223. The van der Waals surface area contributed by atoms with Gasteiger partial charge in [0, 0.05) is 18.2 Å². The number of ether oxygens (including phenoxy) is 1. The second kappa shape index (κ2) is 6.13. The lowest BCUT2D eigenvalue weighted by atomic mass is 9.89. The molecule has 2 nitrogen and oxygen atoms in total. The summed E-state index contributed by atoms with van der Waals surface area (Å²) in [5.74, 6) is 1.03. The van der Waals surface area contributed by atoms with Crippen molar-refractivity contribution in [3.05, 3.63) is 29.6 Å². The van der Waals surface area contributed by atoms with Gasteiger partial charge in [0.1, 0.15) is 0 Å². The van der Waals surface area contributed by atoms with Gasteiger partial charge in [0.2, 0.25) is 0 Å². The van der Waals surface area contributed by atoms with Gasteiger partial charge in [-0.15, -0.1) is 0 Å². The molecule has 3 heteroatoms. The van der Waals surface area contributed by atoms with Crippen molar-refractivity contribution in [1.82, 2.24) is 5.32 Å². The molecular formula is C17H24FNO. The van der Waals surface area contributed by atoms with Crippen LogP contribution in [0.15, 0.2) is 18.2 Å². The zero-order valence-corrected chi connectivity index (χ0v) is 12.2. The average Bonchev–Trinajstić information content (AvgIpc) is 3.26. The lowest BCUT2D eigenvalue weighted by Crippen LogP contribution is -2.25. The van der Waals surface area contributed by atoms with E-state index in [1.807, 2.05) is 6.07 Å². The van der Waals surface area contributed by atoms with Crippen LogP contribution in [0, 0.1) is 11.7 Å². The van der Waals surface area contributed by atoms with Crippen molar-refractivity contribution in [3.8, 4) is 5.75 Å². The molecule has 3 rings (SSSR count). The second-order valence-corrected chi connectivity index (χ2v) is 6.38. The number of para-hydroxylation sites is 1. The zero-order chi connectivity index (χ0) is 13.9. The minimum absolute atomic E-state index is 0.183. The first-order valence-electron chi connectivity index (χ1n) is 7.90. The molecule has 0 saturated heterocycles. The van der Waals surface area contributed by atoms with Gasteiger partial charge in [-0.05, 0) is 50.5 Å². The van der Waals surface area contributed by atoms with Gasteiger partial charge in [-0.1, -0.05) is 19.1 Å². The Morgan fingerprint density at radius 3 is 2.60 bits per heavy atom. The number of nitrogens with one attached hydrogen (secondary N) is 1. The number of halogens is 1. The lowest BCUT2D eigenvalue weighted by molar-refractivity contribution is 0.129. The van der Waals surface area contributed by atoms with Gasteiger partial charge >= 0.3 is 0 Å². The maximum absolute atomic E-state index is 14.1. The van der Waals surface area contributed by atoms with Gasteiger partial charge in [-0.2, -0.15) is 0 Å². The fourth-order valence-corrected chi connectivity index (χ4v) is 2.88. The Morgan fingerprint density at radius 2 is 1.90 bits per heavy atom. The van der Waals surface area contributed by atoms with Gasteiger partial charge in [0.25, 0.3) is 0 Å². The predicted octanol–water partition coefficient (Wildman–Crippen LogP) is 4.04. The first kappa shape index (κ1) is 13.9. The third-order valence-corrected chi connectivity index (χ3v) is 4.45. The quantitative estimate of drug-likeness (QED) is 0.877. The first-order chi connectivity index (χ1) is 9.72. The molecule has 0 spiro atoms. The largest absolute Gasteiger partial charge is 0.487 e. The Bertz CT molecular complexity index is 450. The molecule has 1 N–H and O–H groups in total. The molecule has 1 aromatic carbocycles. The topological polar surface area (TPSA) is 21.3 Å². The highest BCUT2D eigenvalue weighted by Crippen LogP contribution is 2.31. The molecule has 0 aliphatic heterocycles. The molecule has 2 aliphatic carbocycles. The van der Waals surface area contributed by atoms with E-state index in [9.17, 15) is 4.39 Å². The summed E-state index contributed by atoms with van der Waals surface area (Å²) in [7, 11) is 0. The summed E-state index contributed by atoms with van der Waals surface area (Å²) in [6.07, 6.45) is 7.14. The highest BCUT2D eigenvalue weighted by atomic mass is 19.1. The number of rotatable bonds is 5. The molecule has 2 fully saturated rings. The Kier molecular flexibility index (Phi) is 4.25. The van der Waals surface area contributed by atoms with Crippen LogP contribution in [0.3, 0.4) is 0 Å². The third kappa shape index (κ3) is 3.51. The zero-order valence-electron chi connectivity index (χ0n) is 12.2. The molecule has 0 amide bonds. The van der Waals surface area contributed by atoms with Crippen molar-refractivity contribution >= 4 is 0 Å². The second-order valence-electron chi connectivity index (χ2n) is 6.38. The van der Waals surface area contributed by atoms with Crippen molar-refractivity contribution in [1.29, 1.82) is 0 Å². The molecule has 2 aliphatic rings. The van der Waals surface area contributed by atoms with Gasteiger partial charge in [-0.25, -0.2) is 4.39 Å². The van der Waals surface area contributed by atoms with E-state index in [0.717, 1.165) is 24.3 Å². The van der Waals surface area contributed by atoms with E-state index < -0.39 is 0 Å². The molecule has 110 valence electrons. The van der Waals surface area contributed by atoms with Gasteiger partial charge < -0.3 is 10.1 Å². The maximum atomic E-state index is 14.1. The lowest BCUT2D eigenvalue weighted by Gasteiger charge is -2.28. The van der Waals surface area contributed by atoms with Crippen LogP contribution >= 0.6 is 0 Å². The van der Waals surface area contributed by atoms with Crippen LogP contribution in [0.4, 0.5) is 4.39 Å². The molecule has 0 radical (unpaired) electrons. The van der Waals surface area contributed by atoms with Crippen molar-refractivity contribution in [3.63, 3.8) is 0 Å². The maximum Gasteiger partial charge on any atom is 0.165 e. The summed E-state index contributed by atoms with van der Waals surface area (Å²) in [5, 5.41) is 3.44. The molecule has 0 heterocycles. The fraction of sp³-hybridized carbons (Fsp3) is 0.647. The fourth-order valence-electron chi connectivity index (χ4n) is 2.88. The summed E-state index contributed by atoms with van der Waals surface area (Å²) in [4.78, 5) is 0. The standard InChI is InChI=1S/C17H24FNO/c1-12-5-9-15(10-6-12)20-17-13(3-2-4-16(17)18)11-19-14-7-8-14/h2-4,12,14-15,19H,5-11H2,1H3. The van der Waals surface area contributed by atoms with Crippen LogP contribution in [0.5, 0.6) is 5.75 Å². The van der Waals surface area contributed by atoms with Gasteiger partial charge in [0.05, 0.1) is 6.10 Å². The van der Waals surface area contributed by atoms with Crippen LogP contribution in [-0.4, -0.2) is 12.1 Å². The van der Waals surface area contributed by atoms with E-state index in [1.54, 1.807) is 6.07 Å². The molecule has 2 saturated carbocycles. The monoisotopic (exact) mass is 277 g/mol. The van der Waals surface area contributed by atoms with Crippen molar-refractivity contribution < 1.29 is 9.13 Å². The van der Waals surface area contributed by atoms with E-state index in [-0.39, 0.29) is 11.9 Å². The first-order valence-corrected chi connectivity index (χ1v) is 7.90. The molecule has 0 aromatic heterocycles. The molecule has 0 atom stereocenters. The average molecular weight is 277 g/mol. The highest BCUT2D eigenvalue weighted by molar-refractivity contribution is 5.35. The van der Waals surface area contributed by atoms with Crippen LogP contribution < -0.4 is 10.1 Å². The van der Waals surface area contributed by atoms with Crippen molar-refractivity contribution in [2.75, 3.05) is 0 Å². The van der Waals surface area contributed by atoms with Gasteiger partial charge in [0.15, 0.2) is 11.6 Å². The van der Waals surface area contributed by atoms with Crippen molar-refractivity contribution in [2.24, 2.45) is 5.92 Å². The van der Waals surface area contributed by atoms with Crippen LogP contribution in [0.25, 0.3) is 0 Å². The molecule has 0 unspecified atom stereocenters. The summed E-state index contributed by atoms with van der Waals surface area (Å²) in [5.41, 5.74) is 0.954. The van der Waals surface area contributed by atoms with E-state index in [0.29, 0.717) is 18.3 Å². The van der Waals surface area contributed by atoms with Crippen LogP contribution in [0.1, 0.15) is 51.0 Å².